The Morgan fingerprint density at radius 3 is 2.04 bits per heavy atom. The second-order valence-electron chi connectivity index (χ2n) is 5.23. The molecular formula is C18H18N2O4. The number of anilines is 2. The molecule has 6 heteroatoms. The maximum Gasteiger partial charge on any atom is 0.303 e. The van der Waals surface area contributed by atoms with E-state index in [2.05, 4.69) is 10.6 Å². The second-order valence-corrected chi connectivity index (χ2v) is 5.23. The Kier molecular flexibility index (Phi) is 6.08. The minimum atomic E-state index is -1.02. The van der Waals surface area contributed by atoms with E-state index in [1.807, 2.05) is 30.3 Å². The Morgan fingerprint density at radius 1 is 0.792 bits per heavy atom. The number of amides is 2. The maximum atomic E-state index is 12.0. The molecule has 2 aromatic rings. The lowest BCUT2D eigenvalue weighted by Gasteiger charge is -2.09. The predicted molar refractivity (Wildman–Crippen MR) is 90.7 cm³/mol. The zero-order valence-corrected chi connectivity index (χ0v) is 13.0. The van der Waals surface area contributed by atoms with Gasteiger partial charge in [-0.1, -0.05) is 36.4 Å². The van der Waals surface area contributed by atoms with E-state index in [4.69, 9.17) is 5.11 Å². The normalized spacial score (nSPS) is 10.0. The fourth-order valence-corrected chi connectivity index (χ4v) is 2.11. The number of carboxylic acid groups (broad SMARTS) is 1. The third-order valence-corrected chi connectivity index (χ3v) is 3.20. The number of aliphatic carboxylic acids is 1. The summed E-state index contributed by atoms with van der Waals surface area (Å²) < 4.78 is 0. The van der Waals surface area contributed by atoms with Gasteiger partial charge in [-0.15, -0.1) is 0 Å². The molecule has 24 heavy (non-hydrogen) atoms. The third-order valence-electron chi connectivity index (χ3n) is 3.20. The first kappa shape index (κ1) is 17.2. The molecule has 0 heterocycles. The molecule has 0 unspecified atom stereocenters. The number of carboxylic acids is 1. The number of carbonyl (C=O) groups is 3. The molecule has 0 fully saturated rings. The number of benzene rings is 2. The van der Waals surface area contributed by atoms with Crippen LogP contribution in [0.1, 0.15) is 18.4 Å². The van der Waals surface area contributed by atoms with Crippen LogP contribution in [0, 0.1) is 0 Å². The van der Waals surface area contributed by atoms with Crippen LogP contribution >= 0.6 is 0 Å². The minimum absolute atomic E-state index is 0.0973. The molecule has 2 rings (SSSR count). The fourth-order valence-electron chi connectivity index (χ4n) is 2.11. The van der Waals surface area contributed by atoms with E-state index in [1.54, 1.807) is 24.3 Å². The van der Waals surface area contributed by atoms with E-state index in [9.17, 15) is 14.4 Å². The molecule has 0 aliphatic heterocycles. The van der Waals surface area contributed by atoms with Crippen LogP contribution in [0.3, 0.4) is 0 Å². The predicted octanol–water partition coefficient (Wildman–Crippen LogP) is 2.67. The molecule has 6 nitrogen and oxygen atoms in total. The van der Waals surface area contributed by atoms with Crippen molar-refractivity contribution in [3.63, 3.8) is 0 Å². The van der Waals surface area contributed by atoms with E-state index in [-0.39, 0.29) is 31.1 Å². The highest BCUT2D eigenvalue weighted by Gasteiger charge is 2.07. The number of nitrogens with one attached hydrogen (secondary N) is 2. The molecule has 0 saturated carbocycles. The number of hydrogen-bond acceptors (Lipinski definition) is 3. The lowest BCUT2D eigenvalue weighted by atomic mass is 10.1. The van der Waals surface area contributed by atoms with Gasteiger partial charge in [0.1, 0.15) is 0 Å². The SMILES string of the molecule is O=C(O)CCC(=O)Nc1cccc(NC(=O)Cc2ccccc2)c1. The van der Waals surface area contributed by atoms with Crippen molar-refractivity contribution in [2.24, 2.45) is 0 Å². The van der Waals surface area contributed by atoms with Crippen molar-refractivity contribution in [2.75, 3.05) is 10.6 Å². The van der Waals surface area contributed by atoms with E-state index in [0.717, 1.165) is 5.56 Å². The van der Waals surface area contributed by atoms with Gasteiger partial charge >= 0.3 is 5.97 Å². The first-order valence-electron chi connectivity index (χ1n) is 7.48. The summed E-state index contributed by atoms with van der Waals surface area (Å²) in [6.45, 7) is 0. The maximum absolute atomic E-state index is 12.0. The van der Waals surface area contributed by atoms with E-state index in [0.29, 0.717) is 11.4 Å². The largest absolute Gasteiger partial charge is 0.481 e. The van der Waals surface area contributed by atoms with Crippen molar-refractivity contribution in [1.82, 2.24) is 0 Å². The molecule has 0 aliphatic rings. The van der Waals surface area contributed by atoms with Gasteiger partial charge in [0.2, 0.25) is 11.8 Å². The van der Waals surface area contributed by atoms with Gasteiger partial charge < -0.3 is 15.7 Å². The minimum Gasteiger partial charge on any atom is -0.481 e. The van der Waals surface area contributed by atoms with Crippen molar-refractivity contribution < 1.29 is 19.5 Å². The zero-order valence-electron chi connectivity index (χ0n) is 13.0. The standard InChI is InChI=1S/C18H18N2O4/c21-16(9-10-18(23)24)19-14-7-4-8-15(12-14)20-17(22)11-13-5-2-1-3-6-13/h1-8,12H,9-11H2,(H,19,21)(H,20,22)(H,23,24). The Hall–Kier alpha value is -3.15. The average molecular weight is 326 g/mol. The summed E-state index contributed by atoms with van der Waals surface area (Å²) in [5.41, 5.74) is 1.97. The molecule has 0 spiro atoms. The van der Waals surface area contributed by atoms with Crippen LogP contribution in [0.2, 0.25) is 0 Å². The zero-order chi connectivity index (χ0) is 17.4. The summed E-state index contributed by atoms with van der Waals surface area (Å²) in [6.07, 6.45) is -0.0602. The monoisotopic (exact) mass is 326 g/mol. The number of hydrogen-bond donors (Lipinski definition) is 3. The van der Waals surface area contributed by atoms with Crippen molar-refractivity contribution in [2.45, 2.75) is 19.3 Å². The number of carbonyl (C=O) groups excluding carboxylic acids is 2. The van der Waals surface area contributed by atoms with Crippen molar-refractivity contribution in [1.29, 1.82) is 0 Å². The highest BCUT2D eigenvalue weighted by atomic mass is 16.4. The summed E-state index contributed by atoms with van der Waals surface area (Å²) in [7, 11) is 0. The molecule has 0 aliphatic carbocycles. The van der Waals surface area contributed by atoms with Gasteiger partial charge in [-0.05, 0) is 23.8 Å². The van der Waals surface area contributed by atoms with E-state index in [1.165, 1.54) is 0 Å². The number of rotatable bonds is 7. The molecule has 3 N–H and O–H groups in total. The summed E-state index contributed by atoms with van der Waals surface area (Å²) in [5.74, 6) is -1.56. The first-order valence-corrected chi connectivity index (χ1v) is 7.48. The summed E-state index contributed by atoms with van der Waals surface area (Å²) >= 11 is 0. The highest BCUT2D eigenvalue weighted by molar-refractivity contribution is 5.95. The highest BCUT2D eigenvalue weighted by Crippen LogP contribution is 2.16. The molecule has 124 valence electrons. The van der Waals surface area contributed by atoms with Crippen LogP contribution in [0.5, 0.6) is 0 Å². The van der Waals surface area contributed by atoms with Crippen LogP contribution in [0.15, 0.2) is 54.6 Å². The second kappa shape index (κ2) is 8.47. The van der Waals surface area contributed by atoms with Gasteiger partial charge in [0.25, 0.3) is 0 Å². The molecule has 0 aromatic heterocycles. The smallest absolute Gasteiger partial charge is 0.303 e. The summed E-state index contributed by atoms with van der Waals surface area (Å²) in [4.78, 5) is 34.1. The van der Waals surface area contributed by atoms with Crippen molar-refractivity contribution in [3.05, 3.63) is 60.2 Å². The van der Waals surface area contributed by atoms with Crippen molar-refractivity contribution >= 4 is 29.2 Å². The quantitative estimate of drug-likeness (QED) is 0.729. The van der Waals surface area contributed by atoms with Gasteiger partial charge in [-0.3, -0.25) is 14.4 Å². The van der Waals surface area contributed by atoms with Gasteiger partial charge in [-0.25, -0.2) is 0 Å². The Morgan fingerprint density at radius 2 is 1.42 bits per heavy atom. The molecular weight excluding hydrogens is 308 g/mol. The lowest BCUT2D eigenvalue weighted by Crippen LogP contribution is -2.15. The third kappa shape index (κ3) is 5.92. The topological polar surface area (TPSA) is 95.5 Å². The average Bonchev–Trinajstić information content (AvgIpc) is 2.54. The van der Waals surface area contributed by atoms with Crippen molar-refractivity contribution in [3.8, 4) is 0 Å². The first-order chi connectivity index (χ1) is 11.5. The van der Waals surface area contributed by atoms with E-state index < -0.39 is 5.97 Å². The van der Waals surface area contributed by atoms with Crippen LogP contribution in [0.4, 0.5) is 11.4 Å². The van der Waals surface area contributed by atoms with Gasteiger partial charge in [0.15, 0.2) is 0 Å². The summed E-state index contributed by atoms with van der Waals surface area (Å²) in [5, 5.41) is 13.9. The Balaban J connectivity index is 1.91. The molecule has 0 radical (unpaired) electrons. The molecule has 0 bridgehead atoms. The lowest BCUT2D eigenvalue weighted by molar-refractivity contribution is -0.138. The van der Waals surface area contributed by atoms with E-state index >= 15 is 0 Å². The fraction of sp³-hybridized carbons (Fsp3) is 0.167. The Labute approximate surface area is 139 Å². The molecule has 2 aromatic carbocycles. The van der Waals surface area contributed by atoms with Crippen LogP contribution < -0.4 is 10.6 Å². The van der Waals surface area contributed by atoms with Crippen LogP contribution in [0.25, 0.3) is 0 Å². The van der Waals surface area contributed by atoms with Gasteiger partial charge in [-0.2, -0.15) is 0 Å². The van der Waals surface area contributed by atoms with Crippen LogP contribution in [-0.4, -0.2) is 22.9 Å². The Bertz CT molecular complexity index is 729. The molecule has 0 saturated heterocycles. The van der Waals surface area contributed by atoms with Gasteiger partial charge in [0.05, 0.1) is 12.8 Å². The molecule has 2 amide bonds. The van der Waals surface area contributed by atoms with Gasteiger partial charge in [0, 0.05) is 17.8 Å². The molecule has 0 atom stereocenters. The van der Waals surface area contributed by atoms with Crippen LogP contribution in [-0.2, 0) is 20.8 Å². The summed E-state index contributed by atoms with van der Waals surface area (Å²) in [6, 6.07) is 16.1.